The fourth-order valence-corrected chi connectivity index (χ4v) is 2.13. The summed E-state index contributed by atoms with van der Waals surface area (Å²) in [4.78, 5) is 36.3. The Morgan fingerprint density at radius 3 is 2.65 bits per heavy atom. The third-order valence-corrected chi connectivity index (χ3v) is 3.14. The van der Waals surface area contributed by atoms with Crippen LogP contribution in [0.5, 0.6) is 0 Å². The summed E-state index contributed by atoms with van der Waals surface area (Å²) in [5.41, 5.74) is 0.849. The molecule has 2 rings (SSSR count). The van der Waals surface area contributed by atoms with Crippen molar-refractivity contribution in [1.82, 2.24) is 4.90 Å². The van der Waals surface area contributed by atoms with Crippen LogP contribution in [0.2, 0.25) is 0 Å². The zero-order valence-electron chi connectivity index (χ0n) is 11.1. The number of carbonyl (C=O) groups is 3. The molecular weight excluding hydrogens is 258 g/mol. The number of likely N-dealkylation sites (tertiary alicyclic amines) is 1. The maximum atomic E-state index is 12.1. The molecule has 0 unspecified atom stereocenters. The van der Waals surface area contributed by atoms with Crippen LogP contribution in [-0.2, 0) is 19.1 Å². The number of ether oxygens (including phenoxy) is 1. The monoisotopic (exact) mass is 273 g/mol. The van der Waals surface area contributed by atoms with E-state index in [9.17, 15) is 14.4 Å². The van der Waals surface area contributed by atoms with E-state index in [1.807, 2.05) is 30.3 Å². The molecule has 0 radical (unpaired) electrons. The molecule has 1 atom stereocenters. The molecular formula is C15H15NO4. The van der Waals surface area contributed by atoms with Gasteiger partial charge in [-0.15, -0.1) is 0 Å². The Balaban J connectivity index is 2.12. The largest absolute Gasteiger partial charge is 0.467 e. The van der Waals surface area contributed by atoms with Gasteiger partial charge < -0.3 is 4.74 Å². The van der Waals surface area contributed by atoms with Crippen LogP contribution >= 0.6 is 0 Å². The van der Waals surface area contributed by atoms with E-state index in [-0.39, 0.29) is 12.3 Å². The van der Waals surface area contributed by atoms with E-state index in [1.54, 1.807) is 6.08 Å². The zero-order chi connectivity index (χ0) is 14.5. The lowest BCUT2D eigenvalue weighted by Crippen LogP contribution is -2.42. The lowest BCUT2D eigenvalue weighted by molar-refractivity contribution is -0.154. The molecule has 1 saturated heterocycles. The molecule has 1 aromatic rings. The van der Waals surface area contributed by atoms with E-state index in [0.29, 0.717) is 6.42 Å². The van der Waals surface area contributed by atoms with E-state index >= 15 is 0 Å². The second kappa shape index (κ2) is 6.14. The number of carbonyl (C=O) groups excluding carboxylic acids is 3. The summed E-state index contributed by atoms with van der Waals surface area (Å²) in [5, 5.41) is 0. The summed E-state index contributed by atoms with van der Waals surface area (Å²) in [7, 11) is 1.24. The van der Waals surface area contributed by atoms with Gasteiger partial charge in [0.2, 0.25) is 5.91 Å². The second-order valence-electron chi connectivity index (χ2n) is 4.42. The standard InChI is InChI=1S/C15H15NO4/c1-20-15(19)12-8-10-14(18)16(12)13(17)9-7-11-5-3-2-4-6-11/h2-7,9,12H,8,10H2,1H3/b9-7+/t12-/m0/s1. The summed E-state index contributed by atoms with van der Waals surface area (Å²) in [5.74, 6) is -1.40. The van der Waals surface area contributed by atoms with E-state index < -0.39 is 17.9 Å². The molecule has 5 nitrogen and oxygen atoms in total. The Morgan fingerprint density at radius 1 is 1.30 bits per heavy atom. The fourth-order valence-electron chi connectivity index (χ4n) is 2.13. The normalized spacial score (nSPS) is 18.6. The third-order valence-electron chi connectivity index (χ3n) is 3.14. The second-order valence-corrected chi connectivity index (χ2v) is 4.42. The van der Waals surface area contributed by atoms with Gasteiger partial charge in [-0.3, -0.25) is 14.5 Å². The highest BCUT2D eigenvalue weighted by Gasteiger charge is 2.39. The number of benzene rings is 1. The summed E-state index contributed by atoms with van der Waals surface area (Å²) in [6, 6.07) is 8.45. The molecule has 2 amide bonds. The molecule has 1 heterocycles. The number of methoxy groups -OCH3 is 1. The predicted molar refractivity (Wildman–Crippen MR) is 72.4 cm³/mol. The number of rotatable bonds is 3. The maximum Gasteiger partial charge on any atom is 0.329 e. The van der Waals surface area contributed by atoms with Gasteiger partial charge in [0.25, 0.3) is 5.91 Å². The van der Waals surface area contributed by atoms with Crippen LogP contribution in [0, 0.1) is 0 Å². The van der Waals surface area contributed by atoms with Crippen LogP contribution < -0.4 is 0 Å². The lowest BCUT2D eigenvalue weighted by Gasteiger charge is -2.19. The highest BCUT2D eigenvalue weighted by Crippen LogP contribution is 2.20. The quantitative estimate of drug-likeness (QED) is 0.616. The van der Waals surface area contributed by atoms with Crippen molar-refractivity contribution in [3.8, 4) is 0 Å². The Morgan fingerprint density at radius 2 is 2.00 bits per heavy atom. The van der Waals surface area contributed by atoms with E-state index in [1.165, 1.54) is 13.2 Å². The Labute approximate surface area is 116 Å². The van der Waals surface area contributed by atoms with Crippen LogP contribution in [0.25, 0.3) is 6.08 Å². The van der Waals surface area contributed by atoms with Gasteiger partial charge in [0.1, 0.15) is 6.04 Å². The van der Waals surface area contributed by atoms with Gasteiger partial charge in [0.15, 0.2) is 0 Å². The van der Waals surface area contributed by atoms with Gasteiger partial charge >= 0.3 is 5.97 Å². The first-order chi connectivity index (χ1) is 9.63. The molecule has 1 fully saturated rings. The molecule has 1 aliphatic heterocycles. The van der Waals surface area contributed by atoms with Crippen LogP contribution in [0.15, 0.2) is 36.4 Å². The predicted octanol–water partition coefficient (Wildman–Crippen LogP) is 1.39. The number of imide groups is 1. The molecule has 0 aromatic heterocycles. The topological polar surface area (TPSA) is 63.7 Å². The molecule has 0 spiro atoms. The van der Waals surface area contributed by atoms with Crippen LogP contribution in [0.3, 0.4) is 0 Å². The molecule has 20 heavy (non-hydrogen) atoms. The van der Waals surface area contributed by atoms with Crippen LogP contribution in [-0.4, -0.2) is 35.8 Å². The van der Waals surface area contributed by atoms with Crippen molar-refractivity contribution < 1.29 is 19.1 Å². The average molecular weight is 273 g/mol. The minimum Gasteiger partial charge on any atom is -0.467 e. The number of amides is 2. The average Bonchev–Trinajstić information content (AvgIpc) is 2.87. The third kappa shape index (κ3) is 2.93. The lowest BCUT2D eigenvalue weighted by atomic mass is 10.2. The van der Waals surface area contributed by atoms with Crippen LogP contribution in [0.4, 0.5) is 0 Å². The smallest absolute Gasteiger partial charge is 0.329 e. The van der Waals surface area contributed by atoms with Gasteiger partial charge in [-0.1, -0.05) is 30.3 Å². The number of nitrogens with zero attached hydrogens (tertiary/aromatic N) is 1. The van der Waals surface area contributed by atoms with Crippen molar-refractivity contribution in [3.63, 3.8) is 0 Å². The first-order valence-electron chi connectivity index (χ1n) is 6.30. The summed E-state index contributed by atoms with van der Waals surface area (Å²) in [6.45, 7) is 0. The molecule has 1 aliphatic rings. The molecule has 104 valence electrons. The summed E-state index contributed by atoms with van der Waals surface area (Å²) in [6.07, 6.45) is 3.41. The number of esters is 1. The molecule has 1 aromatic carbocycles. The van der Waals surface area contributed by atoms with Gasteiger partial charge in [0, 0.05) is 12.5 Å². The molecule has 0 bridgehead atoms. The molecule has 0 N–H and O–H groups in total. The number of hydrogen-bond donors (Lipinski definition) is 0. The van der Waals surface area contributed by atoms with Crippen molar-refractivity contribution in [2.24, 2.45) is 0 Å². The Kier molecular flexibility index (Phi) is 4.30. The van der Waals surface area contributed by atoms with Crippen LogP contribution in [0.1, 0.15) is 18.4 Å². The maximum absolute atomic E-state index is 12.1. The van der Waals surface area contributed by atoms with Crippen molar-refractivity contribution in [1.29, 1.82) is 0 Å². The summed E-state index contributed by atoms with van der Waals surface area (Å²) < 4.78 is 4.62. The van der Waals surface area contributed by atoms with Crippen molar-refractivity contribution >= 4 is 23.9 Å². The van der Waals surface area contributed by atoms with Gasteiger partial charge in [-0.05, 0) is 18.1 Å². The zero-order valence-corrected chi connectivity index (χ0v) is 11.1. The molecule has 0 aliphatic carbocycles. The van der Waals surface area contributed by atoms with E-state index in [4.69, 9.17) is 0 Å². The minimum absolute atomic E-state index is 0.185. The van der Waals surface area contributed by atoms with Crippen molar-refractivity contribution in [3.05, 3.63) is 42.0 Å². The highest BCUT2D eigenvalue weighted by atomic mass is 16.5. The van der Waals surface area contributed by atoms with Crippen molar-refractivity contribution in [2.75, 3.05) is 7.11 Å². The fraction of sp³-hybridized carbons (Fsp3) is 0.267. The summed E-state index contributed by atoms with van der Waals surface area (Å²) >= 11 is 0. The Hall–Kier alpha value is -2.43. The van der Waals surface area contributed by atoms with Gasteiger partial charge in [-0.2, -0.15) is 0 Å². The molecule has 5 heteroatoms. The highest BCUT2D eigenvalue weighted by molar-refractivity contribution is 6.07. The van der Waals surface area contributed by atoms with Crippen molar-refractivity contribution in [2.45, 2.75) is 18.9 Å². The minimum atomic E-state index is -0.805. The van der Waals surface area contributed by atoms with E-state index in [0.717, 1.165) is 10.5 Å². The first kappa shape index (κ1) is 14.0. The van der Waals surface area contributed by atoms with Gasteiger partial charge in [-0.25, -0.2) is 4.79 Å². The SMILES string of the molecule is COC(=O)[C@@H]1CCC(=O)N1C(=O)/C=C/c1ccccc1. The Bertz CT molecular complexity index is 550. The number of hydrogen-bond acceptors (Lipinski definition) is 4. The molecule has 0 saturated carbocycles. The van der Waals surface area contributed by atoms with E-state index in [2.05, 4.69) is 4.74 Å². The first-order valence-corrected chi connectivity index (χ1v) is 6.30. The van der Waals surface area contributed by atoms with Gasteiger partial charge in [0.05, 0.1) is 7.11 Å².